The highest BCUT2D eigenvalue weighted by Crippen LogP contribution is 2.32. The van der Waals surface area contributed by atoms with E-state index in [-0.39, 0.29) is 23.3 Å². The summed E-state index contributed by atoms with van der Waals surface area (Å²) in [7, 11) is 2.66. The number of nitrogens with one attached hydrogen (secondary N) is 2. The van der Waals surface area contributed by atoms with Gasteiger partial charge in [-0.05, 0) is 45.0 Å². The lowest BCUT2D eigenvalue weighted by atomic mass is 10.1. The SMILES string of the molecule is COC(=O)c1cc(NC(=O)c2ccccc2C(F)(F)F)cc2[nH]c(CN(C)C(=O)OC(C)(C)C)nc12. The monoisotopic (exact) mass is 506 g/mol. The largest absolute Gasteiger partial charge is 0.465 e. The number of halogens is 3. The Balaban J connectivity index is 1.95. The summed E-state index contributed by atoms with van der Waals surface area (Å²) >= 11 is 0. The molecule has 3 aromatic rings. The number of carbonyl (C=O) groups excluding carboxylic acids is 3. The van der Waals surface area contributed by atoms with Gasteiger partial charge in [0.15, 0.2) is 0 Å². The molecule has 0 aliphatic heterocycles. The van der Waals surface area contributed by atoms with Gasteiger partial charge in [0.25, 0.3) is 5.91 Å². The van der Waals surface area contributed by atoms with Crippen LogP contribution in [0.1, 0.15) is 52.9 Å². The van der Waals surface area contributed by atoms with Gasteiger partial charge in [-0.15, -0.1) is 0 Å². The van der Waals surface area contributed by atoms with Crippen molar-refractivity contribution in [2.24, 2.45) is 0 Å². The van der Waals surface area contributed by atoms with Crippen LogP contribution in [0.5, 0.6) is 0 Å². The molecule has 3 rings (SSSR count). The van der Waals surface area contributed by atoms with Gasteiger partial charge in [-0.1, -0.05) is 12.1 Å². The molecule has 0 bridgehead atoms. The van der Waals surface area contributed by atoms with Crippen LogP contribution in [0.2, 0.25) is 0 Å². The highest BCUT2D eigenvalue weighted by molar-refractivity contribution is 6.09. The van der Waals surface area contributed by atoms with E-state index in [2.05, 4.69) is 15.3 Å². The third-order valence-electron chi connectivity index (χ3n) is 4.87. The first kappa shape index (κ1) is 26.5. The first-order chi connectivity index (χ1) is 16.7. The number of H-pyrrole nitrogens is 1. The molecule has 0 spiro atoms. The number of rotatable bonds is 5. The summed E-state index contributed by atoms with van der Waals surface area (Å²) < 4.78 is 50.1. The lowest BCUT2D eigenvalue weighted by Gasteiger charge is -2.24. The second-order valence-electron chi connectivity index (χ2n) is 8.93. The van der Waals surface area contributed by atoms with Gasteiger partial charge >= 0.3 is 18.2 Å². The smallest absolute Gasteiger partial charge is 0.417 e. The number of hydrogen-bond donors (Lipinski definition) is 2. The summed E-state index contributed by atoms with van der Waals surface area (Å²) in [5, 5.41) is 2.40. The Morgan fingerprint density at radius 2 is 1.75 bits per heavy atom. The molecule has 36 heavy (non-hydrogen) atoms. The summed E-state index contributed by atoms with van der Waals surface area (Å²) in [6.45, 7) is 5.19. The molecule has 2 N–H and O–H groups in total. The second kappa shape index (κ2) is 9.88. The Bertz CT molecular complexity index is 1310. The lowest BCUT2D eigenvalue weighted by Crippen LogP contribution is -2.34. The van der Waals surface area contributed by atoms with E-state index >= 15 is 0 Å². The molecule has 0 aliphatic rings. The number of fused-ring (bicyclic) bond motifs is 1. The Morgan fingerprint density at radius 1 is 1.08 bits per heavy atom. The van der Waals surface area contributed by atoms with Gasteiger partial charge in [0.1, 0.15) is 16.9 Å². The van der Waals surface area contributed by atoms with Gasteiger partial charge in [0, 0.05) is 12.7 Å². The van der Waals surface area contributed by atoms with E-state index in [0.29, 0.717) is 11.3 Å². The predicted octanol–water partition coefficient (Wildman–Crippen LogP) is 4.99. The van der Waals surface area contributed by atoms with Gasteiger partial charge in [0.05, 0.1) is 35.9 Å². The average molecular weight is 506 g/mol. The van der Waals surface area contributed by atoms with E-state index in [1.165, 1.54) is 36.2 Å². The maximum atomic E-state index is 13.3. The summed E-state index contributed by atoms with van der Waals surface area (Å²) in [5.41, 5.74) is -1.86. The van der Waals surface area contributed by atoms with Crippen LogP contribution in [0, 0.1) is 0 Å². The third kappa shape index (κ3) is 6.12. The number of nitrogens with zero attached hydrogens (tertiary/aromatic N) is 2. The van der Waals surface area contributed by atoms with Crippen LogP contribution >= 0.6 is 0 Å². The van der Waals surface area contributed by atoms with E-state index < -0.39 is 40.9 Å². The van der Waals surface area contributed by atoms with Crippen LogP contribution < -0.4 is 5.32 Å². The number of anilines is 1. The number of ether oxygens (including phenoxy) is 2. The maximum absolute atomic E-state index is 13.3. The van der Waals surface area contributed by atoms with Gasteiger partial charge in [-0.25, -0.2) is 14.6 Å². The molecule has 0 aliphatic carbocycles. The molecule has 1 aromatic heterocycles. The van der Waals surface area contributed by atoms with Crippen LogP contribution in [-0.4, -0.2) is 52.6 Å². The van der Waals surface area contributed by atoms with E-state index in [1.807, 2.05) is 0 Å². The van der Waals surface area contributed by atoms with Crippen molar-refractivity contribution < 1.29 is 37.0 Å². The molecule has 0 saturated carbocycles. The van der Waals surface area contributed by atoms with Crippen molar-refractivity contribution in [2.45, 2.75) is 39.1 Å². The zero-order valence-corrected chi connectivity index (χ0v) is 20.2. The number of methoxy groups -OCH3 is 1. The van der Waals surface area contributed by atoms with Crippen LogP contribution in [0.3, 0.4) is 0 Å². The quantitative estimate of drug-likeness (QED) is 0.472. The number of esters is 1. The maximum Gasteiger partial charge on any atom is 0.417 e. The molecule has 9 nitrogen and oxygen atoms in total. The van der Waals surface area contributed by atoms with Crippen molar-refractivity contribution in [2.75, 3.05) is 19.5 Å². The minimum atomic E-state index is -4.73. The second-order valence-corrected chi connectivity index (χ2v) is 8.93. The Labute approximate surface area is 204 Å². The zero-order valence-electron chi connectivity index (χ0n) is 20.2. The molecule has 1 heterocycles. The number of imidazole rings is 1. The molecule has 192 valence electrons. The molecular weight excluding hydrogens is 481 g/mol. The first-order valence-electron chi connectivity index (χ1n) is 10.7. The van der Waals surface area contributed by atoms with Crippen LogP contribution in [0.4, 0.5) is 23.7 Å². The molecule has 0 unspecified atom stereocenters. The number of carbonyl (C=O) groups is 3. The van der Waals surface area contributed by atoms with Crippen molar-refractivity contribution in [3.8, 4) is 0 Å². The topological polar surface area (TPSA) is 114 Å². The average Bonchev–Trinajstić information content (AvgIpc) is 3.18. The summed E-state index contributed by atoms with van der Waals surface area (Å²) in [5.74, 6) is -1.48. The fraction of sp³-hybridized carbons (Fsp3) is 0.333. The van der Waals surface area contributed by atoms with E-state index in [4.69, 9.17) is 9.47 Å². The molecule has 0 fully saturated rings. The van der Waals surface area contributed by atoms with Gasteiger partial charge in [-0.3, -0.25) is 4.79 Å². The summed E-state index contributed by atoms with van der Waals surface area (Å²) in [6.07, 6.45) is -5.32. The number of benzene rings is 2. The summed E-state index contributed by atoms with van der Waals surface area (Å²) in [6, 6.07) is 7.03. The van der Waals surface area contributed by atoms with E-state index in [0.717, 1.165) is 19.2 Å². The molecule has 12 heteroatoms. The van der Waals surface area contributed by atoms with E-state index in [1.54, 1.807) is 20.8 Å². The number of aromatic amines is 1. The standard InChI is InChI=1S/C24H25F3N4O5/c1-23(2,3)36-22(34)31(4)12-18-29-17-11-13(10-15(19(17)30-18)21(33)35-5)28-20(32)14-8-6-7-9-16(14)24(25,26)27/h6-11H,12H2,1-5H3,(H,28,32)(H,29,30). The van der Waals surface area contributed by atoms with Crippen molar-refractivity contribution in [3.63, 3.8) is 0 Å². The third-order valence-corrected chi connectivity index (χ3v) is 4.87. The van der Waals surface area contributed by atoms with Gasteiger partial charge in [0.2, 0.25) is 0 Å². The van der Waals surface area contributed by atoms with Crippen LogP contribution in [0.25, 0.3) is 11.0 Å². The fourth-order valence-corrected chi connectivity index (χ4v) is 3.34. The van der Waals surface area contributed by atoms with Crippen LogP contribution in [-0.2, 0) is 22.2 Å². The van der Waals surface area contributed by atoms with Crippen molar-refractivity contribution in [1.82, 2.24) is 14.9 Å². The summed E-state index contributed by atoms with van der Waals surface area (Å²) in [4.78, 5) is 45.9. The number of amides is 2. The number of hydrogen-bond acceptors (Lipinski definition) is 6. The lowest BCUT2D eigenvalue weighted by molar-refractivity contribution is -0.137. The highest BCUT2D eigenvalue weighted by atomic mass is 19.4. The number of alkyl halides is 3. The number of aromatic nitrogens is 2. The Morgan fingerprint density at radius 3 is 2.36 bits per heavy atom. The molecule has 2 amide bonds. The first-order valence-corrected chi connectivity index (χ1v) is 10.7. The minimum Gasteiger partial charge on any atom is -0.465 e. The normalized spacial score (nSPS) is 11.8. The van der Waals surface area contributed by atoms with Crippen molar-refractivity contribution >= 4 is 34.7 Å². The van der Waals surface area contributed by atoms with Gasteiger partial charge in [-0.2, -0.15) is 13.2 Å². The molecule has 2 aromatic carbocycles. The minimum absolute atomic E-state index is 0.00482. The Kier molecular flexibility index (Phi) is 7.27. The molecule has 0 radical (unpaired) electrons. The zero-order chi connectivity index (χ0) is 26.8. The molecule has 0 atom stereocenters. The van der Waals surface area contributed by atoms with E-state index in [9.17, 15) is 27.6 Å². The fourth-order valence-electron chi connectivity index (χ4n) is 3.34. The van der Waals surface area contributed by atoms with Gasteiger partial charge < -0.3 is 24.7 Å². The van der Waals surface area contributed by atoms with Crippen LogP contribution in [0.15, 0.2) is 36.4 Å². The van der Waals surface area contributed by atoms with Crippen molar-refractivity contribution in [3.05, 3.63) is 58.9 Å². The molecular formula is C24H25F3N4O5. The van der Waals surface area contributed by atoms with Crippen molar-refractivity contribution in [1.29, 1.82) is 0 Å². The highest BCUT2D eigenvalue weighted by Gasteiger charge is 2.35. The molecule has 0 saturated heterocycles. The Hall–Kier alpha value is -4.09. The predicted molar refractivity (Wildman–Crippen MR) is 125 cm³/mol.